The summed E-state index contributed by atoms with van der Waals surface area (Å²) in [6, 6.07) is 3.31. The van der Waals surface area contributed by atoms with Crippen molar-refractivity contribution >= 4 is 11.8 Å². The van der Waals surface area contributed by atoms with E-state index in [0.29, 0.717) is 11.3 Å². The van der Waals surface area contributed by atoms with Gasteiger partial charge in [-0.05, 0) is 37.8 Å². The number of hydrogen-bond acceptors (Lipinski definition) is 3. The van der Waals surface area contributed by atoms with Crippen molar-refractivity contribution in [2.75, 3.05) is 26.7 Å². The summed E-state index contributed by atoms with van der Waals surface area (Å²) >= 11 is 0. The van der Waals surface area contributed by atoms with Crippen LogP contribution in [0.25, 0.3) is 0 Å². The zero-order chi connectivity index (χ0) is 15.9. The van der Waals surface area contributed by atoms with E-state index in [-0.39, 0.29) is 11.8 Å². The quantitative estimate of drug-likeness (QED) is 0.840. The second-order valence-electron chi connectivity index (χ2n) is 5.86. The molecule has 1 aliphatic rings. The van der Waals surface area contributed by atoms with E-state index in [1.165, 1.54) is 6.42 Å². The second kappa shape index (κ2) is 7.92. The molecule has 0 spiro atoms. The molecule has 5 nitrogen and oxygen atoms in total. The van der Waals surface area contributed by atoms with E-state index in [2.05, 4.69) is 11.9 Å². The zero-order valence-electron chi connectivity index (χ0n) is 13.5. The summed E-state index contributed by atoms with van der Waals surface area (Å²) in [6.45, 7) is 4.40. The first kappa shape index (κ1) is 16.5. The molecule has 0 bridgehead atoms. The standard InChI is InChI=1S/C17H25N3O2/c1-3-4-10-19(2)16(21)14-8-9-18-15(13-14)17(22)20-11-6-5-7-12-20/h8-9,13H,3-7,10-12H2,1-2H3. The molecular weight excluding hydrogens is 278 g/mol. The third-order valence-electron chi connectivity index (χ3n) is 4.06. The van der Waals surface area contributed by atoms with Gasteiger partial charge in [0.15, 0.2) is 0 Å². The Morgan fingerprint density at radius 3 is 2.68 bits per heavy atom. The maximum atomic E-state index is 12.5. The van der Waals surface area contributed by atoms with Crippen LogP contribution in [0.3, 0.4) is 0 Å². The fourth-order valence-electron chi connectivity index (χ4n) is 2.66. The minimum Gasteiger partial charge on any atom is -0.342 e. The lowest BCUT2D eigenvalue weighted by molar-refractivity contribution is 0.0718. The van der Waals surface area contributed by atoms with Crippen molar-refractivity contribution in [3.63, 3.8) is 0 Å². The van der Waals surface area contributed by atoms with Gasteiger partial charge in [0.2, 0.25) is 0 Å². The van der Waals surface area contributed by atoms with Crippen LogP contribution in [0.4, 0.5) is 0 Å². The Labute approximate surface area is 132 Å². The molecule has 0 aliphatic carbocycles. The molecule has 5 heteroatoms. The summed E-state index contributed by atoms with van der Waals surface area (Å²) in [7, 11) is 1.80. The van der Waals surface area contributed by atoms with E-state index in [9.17, 15) is 9.59 Å². The van der Waals surface area contributed by atoms with E-state index >= 15 is 0 Å². The van der Waals surface area contributed by atoms with E-state index in [4.69, 9.17) is 0 Å². The molecule has 1 aromatic rings. The predicted octanol–water partition coefficient (Wildman–Crippen LogP) is 2.58. The molecule has 1 aliphatic heterocycles. The van der Waals surface area contributed by atoms with Crippen LogP contribution < -0.4 is 0 Å². The highest BCUT2D eigenvalue weighted by atomic mass is 16.2. The van der Waals surface area contributed by atoms with Crippen molar-refractivity contribution in [1.29, 1.82) is 0 Å². The van der Waals surface area contributed by atoms with Gasteiger partial charge in [-0.15, -0.1) is 0 Å². The van der Waals surface area contributed by atoms with Gasteiger partial charge in [0, 0.05) is 38.4 Å². The molecule has 0 atom stereocenters. The van der Waals surface area contributed by atoms with E-state index in [0.717, 1.165) is 45.3 Å². The molecule has 22 heavy (non-hydrogen) atoms. The Morgan fingerprint density at radius 2 is 2.00 bits per heavy atom. The van der Waals surface area contributed by atoms with E-state index in [1.54, 1.807) is 30.3 Å². The highest BCUT2D eigenvalue weighted by molar-refractivity contribution is 5.98. The van der Waals surface area contributed by atoms with Gasteiger partial charge in [0.05, 0.1) is 0 Å². The fourth-order valence-corrected chi connectivity index (χ4v) is 2.66. The first-order valence-corrected chi connectivity index (χ1v) is 8.14. The minimum atomic E-state index is -0.0643. The monoisotopic (exact) mass is 303 g/mol. The minimum absolute atomic E-state index is 0.0523. The number of carbonyl (C=O) groups excluding carboxylic acids is 2. The normalized spacial score (nSPS) is 14.7. The number of likely N-dealkylation sites (tertiary alicyclic amines) is 1. The summed E-state index contributed by atoms with van der Waals surface area (Å²) in [5.74, 6) is -0.117. The number of amides is 2. The zero-order valence-corrected chi connectivity index (χ0v) is 13.5. The summed E-state index contributed by atoms with van der Waals surface area (Å²) in [6.07, 6.45) is 6.85. The van der Waals surface area contributed by atoms with Gasteiger partial charge >= 0.3 is 0 Å². The average Bonchev–Trinajstić information content (AvgIpc) is 2.59. The molecule has 0 aromatic carbocycles. The summed E-state index contributed by atoms with van der Waals surface area (Å²) in [5.41, 5.74) is 0.908. The Balaban J connectivity index is 2.08. The third-order valence-corrected chi connectivity index (χ3v) is 4.06. The maximum Gasteiger partial charge on any atom is 0.272 e. The van der Waals surface area contributed by atoms with E-state index < -0.39 is 0 Å². The Hall–Kier alpha value is -1.91. The second-order valence-corrected chi connectivity index (χ2v) is 5.86. The molecule has 0 saturated carbocycles. The Kier molecular flexibility index (Phi) is 5.92. The Morgan fingerprint density at radius 1 is 1.27 bits per heavy atom. The van der Waals surface area contributed by atoms with Crippen LogP contribution in [-0.2, 0) is 0 Å². The molecule has 1 fully saturated rings. The SMILES string of the molecule is CCCCN(C)C(=O)c1ccnc(C(=O)N2CCCCC2)c1. The van der Waals surface area contributed by atoms with Gasteiger partial charge in [-0.2, -0.15) is 0 Å². The van der Waals surface area contributed by atoms with Crippen molar-refractivity contribution in [3.05, 3.63) is 29.6 Å². The van der Waals surface area contributed by atoms with Gasteiger partial charge in [0.25, 0.3) is 11.8 Å². The third kappa shape index (κ3) is 4.06. The summed E-state index contributed by atoms with van der Waals surface area (Å²) < 4.78 is 0. The smallest absolute Gasteiger partial charge is 0.272 e. The van der Waals surface area contributed by atoms with Crippen molar-refractivity contribution in [1.82, 2.24) is 14.8 Å². The van der Waals surface area contributed by atoms with Crippen LogP contribution in [-0.4, -0.2) is 53.3 Å². The first-order valence-electron chi connectivity index (χ1n) is 8.14. The number of piperidine rings is 1. The highest BCUT2D eigenvalue weighted by Crippen LogP contribution is 2.13. The van der Waals surface area contributed by atoms with Crippen LogP contribution in [0.1, 0.15) is 59.9 Å². The van der Waals surface area contributed by atoms with Gasteiger partial charge in [-0.1, -0.05) is 13.3 Å². The molecule has 1 saturated heterocycles. The van der Waals surface area contributed by atoms with E-state index in [1.807, 2.05) is 4.90 Å². The van der Waals surface area contributed by atoms with Crippen molar-refractivity contribution in [2.24, 2.45) is 0 Å². The summed E-state index contributed by atoms with van der Waals surface area (Å²) in [4.78, 5) is 32.5. The molecule has 0 radical (unpaired) electrons. The lowest BCUT2D eigenvalue weighted by atomic mass is 10.1. The van der Waals surface area contributed by atoms with Crippen molar-refractivity contribution < 1.29 is 9.59 Å². The lowest BCUT2D eigenvalue weighted by Gasteiger charge is -2.26. The number of nitrogens with zero attached hydrogens (tertiary/aromatic N) is 3. The lowest BCUT2D eigenvalue weighted by Crippen LogP contribution is -2.36. The van der Waals surface area contributed by atoms with Crippen molar-refractivity contribution in [3.8, 4) is 0 Å². The molecule has 2 amide bonds. The first-order chi connectivity index (χ1) is 10.6. The van der Waals surface area contributed by atoms with Crippen LogP contribution in [0.15, 0.2) is 18.3 Å². The van der Waals surface area contributed by atoms with Crippen molar-refractivity contribution in [2.45, 2.75) is 39.0 Å². The highest BCUT2D eigenvalue weighted by Gasteiger charge is 2.21. The van der Waals surface area contributed by atoms with Gasteiger partial charge in [-0.3, -0.25) is 14.6 Å². The van der Waals surface area contributed by atoms with Crippen LogP contribution in [0, 0.1) is 0 Å². The number of aromatic nitrogens is 1. The molecule has 1 aromatic heterocycles. The number of rotatable bonds is 5. The number of unbranched alkanes of at least 4 members (excludes halogenated alkanes) is 1. The predicted molar refractivity (Wildman–Crippen MR) is 85.9 cm³/mol. The Bertz CT molecular complexity index is 524. The van der Waals surface area contributed by atoms with Gasteiger partial charge in [0.1, 0.15) is 5.69 Å². The fraction of sp³-hybridized carbons (Fsp3) is 0.588. The molecule has 0 N–H and O–H groups in total. The molecule has 2 heterocycles. The molecule has 2 rings (SSSR count). The topological polar surface area (TPSA) is 53.5 Å². The maximum absolute atomic E-state index is 12.5. The summed E-state index contributed by atoms with van der Waals surface area (Å²) in [5, 5.41) is 0. The van der Waals surface area contributed by atoms with Gasteiger partial charge in [-0.25, -0.2) is 0 Å². The van der Waals surface area contributed by atoms with Crippen LogP contribution in [0.5, 0.6) is 0 Å². The molecule has 120 valence electrons. The molecule has 0 unspecified atom stereocenters. The van der Waals surface area contributed by atoms with Crippen LogP contribution >= 0.6 is 0 Å². The average molecular weight is 303 g/mol. The molecular formula is C17H25N3O2. The van der Waals surface area contributed by atoms with Gasteiger partial charge < -0.3 is 9.80 Å². The largest absolute Gasteiger partial charge is 0.342 e. The number of hydrogen-bond donors (Lipinski definition) is 0. The van der Waals surface area contributed by atoms with Crippen LogP contribution in [0.2, 0.25) is 0 Å². The number of carbonyl (C=O) groups is 2. The number of pyridine rings is 1.